The summed E-state index contributed by atoms with van der Waals surface area (Å²) in [4.78, 5) is 0.395. The van der Waals surface area contributed by atoms with Crippen LogP contribution in [0.25, 0.3) is 0 Å². The number of methoxy groups -OCH3 is 1. The molecule has 0 aromatic heterocycles. The third-order valence-corrected chi connectivity index (χ3v) is 11.8. The zero-order valence-corrected chi connectivity index (χ0v) is 21.5. The molecule has 4 aliphatic rings. The highest BCUT2D eigenvalue weighted by Gasteiger charge is 2.66. The van der Waals surface area contributed by atoms with Gasteiger partial charge in [0.05, 0.1) is 33.6 Å². The molecule has 0 amide bonds. The third-order valence-electron chi connectivity index (χ3n) is 9.40. The average molecular weight is 477 g/mol. The summed E-state index contributed by atoms with van der Waals surface area (Å²) in [5.41, 5.74) is -1.23. The molecule has 1 saturated carbocycles. The van der Waals surface area contributed by atoms with Crippen molar-refractivity contribution in [3.63, 3.8) is 0 Å². The van der Waals surface area contributed by atoms with Crippen LogP contribution in [0.5, 0.6) is 0 Å². The largest absolute Gasteiger partial charge is 0.384 e. The first-order chi connectivity index (χ1) is 15.6. The Bertz CT molecular complexity index is 962. The molecule has 1 aromatic rings. The molecule has 9 atom stereocenters. The molecule has 4 bridgehead atoms. The monoisotopic (exact) mass is 476 g/mol. The van der Waals surface area contributed by atoms with Crippen molar-refractivity contribution in [2.45, 2.75) is 93.4 Å². The van der Waals surface area contributed by atoms with Gasteiger partial charge in [0, 0.05) is 20.1 Å². The highest BCUT2D eigenvalue weighted by atomic mass is 32.2. The van der Waals surface area contributed by atoms with Crippen LogP contribution in [0.4, 0.5) is 0 Å². The second kappa shape index (κ2) is 8.32. The number of benzene rings is 1. The minimum Gasteiger partial charge on any atom is -0.384 e. The molecule has 1 aliphatic carbocycles. The van der Waals surface area contributed by atoms with E-state index in [9.17, 15) is 8.42 Å². The lowest BCUT2D eigenvalue weighted by atomic mass is 9.58. The van der Waals surface area contributed by atoms with Crippen LogP contribution in [0.15, 0.2) is 35.2 Å². The molecule has 3 aliphatic heterocycles. The summed E-state index contributed by atoms with van der Waals surface area (Å²) in [5.74, 6) is 2.50. The standard InChI is InChI=1S/C27H40O5S/c1-17(2)20-12-11-18(16-30-5)23-21-15-27(4)22(33(28,29)19-9-7-6-8-10-19)13-14-26(3,32-27)25(31-21)24(20)23/h6-10,17-18,20-25H,11-16H2,1-5H3/t18-,20-,21-,22?,23-,24-,25-,26-,27-/m1/s1. The topological polar surface area (TPSA) is 61.8 Å². The quantitative estimate of drug-likeness (QED) is 0.606. The second-order valence-corrected chi connectivity index (χ2v) is 13.9. The Balaban J connectivity index is 1.54. The average Bonchev–Trinajstić information content (AvgIpc) is 3.10. The SMILES string of the molecule is COC[C@H]1CC[C@H](C(C)C)[C@@H]2[C@H]1[C@H]1C[C@@]3(C)O[C@](C)(CCC3S(=O)(=O)c3ccccc3)[C@@H]2O1. The maximum Gasteiger partial charge on any atom is 0.184 e. The van der Waals surface area contributed by atoms with Gasteiger partial charge >= 0.3 is 0 Å². The van der Waals surface area contributed by atoms with Gasteiger partial charge in [-0.05, 0) is 81.3 Å². The van der Waals surface area contributed by atoms with Gasteiger partial charge in [0.1, 0.15) is 0 Å². The highest BCUT2D eigenvalue weighted by Crippen LogP contribution is 2.60. The van der Waals surface area contributed by atoms with Crippen molar-refractivity contribution in [1.82, 2.24) is 0 Å². The number of hydrogen-bond donors (Lipinski definition) is 0. The number of fused-ring (bicyclic) bond motifs is 8. The van der Waals surface area contributed by atoms with Crippen molar-refractivity contribution < 1.29 is 22.6 Å². The number of hydrogen-bond acceptors (Lipinski definition) is 5. The predicted molar refractivity (Wildman–Crippen MR) is 128 cm³/mol. The number of ether oxygens (including phenoxy) is 3. The van der Waals surface area contributed by atoms with E-state index in [0.717, 1.165) is 13.0 Å². The van der Waals surface area contributed by atoms with Crippen LogP contribution in [0.2, 0.25) is 0 Å². The summed E-state index contributed by atoms with van der Waals surface area (Å²) in [6.07, 6.45) is 4.34. The van der Waals surface area contributed by atoms with E-state index in [2.05, 4.69) is 20.8 Å². The zero-order chi connectivity index (χ0) is 23.6. The number of sulfone groups is 1. The smallest absolute Gasteiger partial charge is 0.184 e. The van der Waals surface area contributed by atoms with Crippen LogP contribution < -0.4 is 0 Å². The van der Waals surface area contributed by atoms with E-state index in [1.54, 1.807) is 31.4 Å². The molecule has 0 radical (unpaired) electrons. The van der Waals surface area contributed by atoms with Crippen molar-refractivity contribution in [3.05, 3.63) is 30.3 Å². The molecule has 33 heavy (non-hydrogen) atoms. The Morgan fingerprint density at radius 3 is 2.45 bits per heavy atom. The van der Waals surface area contributed by atoms with Gasteiger partial charge in [-0.2, -0.15) is 0 Å². The van der Waals surface area contributed by atoms with E-state index in [4.69, 9.17) is 14.2 Å². The Labute approximate surface area is 199 Å². The van der Waals surface area contributed by atoms with Gasteiger partial charge in [0.25, 0.3) is 0 Å². The fourth-order valence-corrected chi connectivity index (χ4v) is 10.2. The van der Waals surface area contributed by atoms with Crippen LogP contribution >= 0.6 is 0 Å². The van der Waals surface area contributed by atoms with Crippen molar-refractivity contribution in [3.8, 4) is 0 Å². The van der Waals surface area contributed by atoms with Gasteiger partial charge in [-0.15, -0.1) is 0 Å². The lowest BCUT2D eigenvalue weighted by molar-refractivity contribution is -0.209. The van der Waals surface area contributed by atoms with Crippen LogP contribution in [0.1, 0.15) is 59.8 Å². The van der Waals surface area contributed by atoms with Gasteiger partial charge in [-0.3, -0.25) is 0 Å². The Kier molecular flexibility index (Phi) is 5.99. The van der Waals surface area contributed by atoms with Gasteiger partial charge < -0.3 is 14.2 Å². The van der Waals surface area contributed by atoms with Gasteiger partial charge in [-0.25, -0.2) is 8.42 Å². The Hall–Kier alpha value is -0.950. The molecular formula is C27H40O5S. The molecule has 0 N–H and O–H groups in total. The number of rotatable bonds is 5. The van der Waals surface area contributed by atoms with E-state index in [-0.39, 0.29) is 12.2 Å². The summed E-state index contributed by atoms with van der Waals surface area (Å²) >= 11 is 0. The Morgan fingerprint density at radius 1 is 1.06 bits per heavy atom. The van der Waals surface area contributed by atoms with Gasteiger partial charge in [-0.1, -0.05) is 32.0 Å². The Morgan fingerprint density at radius 2 is 1.79 bits per heavy atom. The minimum atomic E-state index is -3.51. The molecule has 5 nitrogen and oxygen atoms in total. The molecule has 5 rings (SSSR count). The molecule has 4 fully saturated rings. The summed E-state index contributed by atoms with van der Waals surface area (Å²) < 4.78 is 47.0. The normalized spacial score (nSPS) is 45.0. The van der Waals surface area contributed by atoms with E-state index in [0.29, 0.717) is 53.7 Å². The predicted octanol–water partition coefficient (Wildman–Crippen LogP) is 4.89. The van der Waals surface area contributed by atoms with Crippen LogP contribution in [0.3, 0.4) is 0 Å². The molecule has 1 unspecified atom stereocenters. The summed E-state index contributed by atoms with van der Waals surface area (Å²) in [6, 6.07) is 8.89. The van der Waals surface area contributed by atoms with Crippen LogP contribution in [-0.4, -0.2) is 50.8 Å². The van der Waals surface area contributed by atoms with E-state index in [1.807, 2.05) is 13.0 Å². The second-order valence-electron chi connectivity index (χ2n) is 11.8. The molecule has 3 saturated heterocycles. The van der Waals surface area contributed by atoms with Gasteiger partial charge in [0.15, 0.2) is 9.84 Å². The first-order valence-corrected chi connectivity index (χ1v) is 14.3. The van der Waals surface area contributed by atoms with Gasteiger partial charge in [0.2, 0.25) is 0 Å². The van der Waals surface area contributed by atoms with Crippen molar-refractivity contribution in [2.24, 2.45) is 29.6 Å². The molecule has 3 heterocycles. The minimum absolute atomic E-state index is 0.0140. The van der Waals surface area contributed by atoms with E-state index in [1.165, 1.54) is 6.42 Å². The first kappa shape index (κ1) is 23.8. The fourth-order valence-electron chi connectivity index (χ4n) is 8.06. The lowest BCUT2D eigenvalue weighted by Crippen LogP contribution is -2.62. The highest BCUT2D eigenvalue weighted by molar-refractivity contribution is 7.92. The molecule has 0 spiro atoms. The zero-order valence-electron chi connectivity index (χ0n) is 20.7. The van der Waals surface area contributed by atoms with E-state index < -0.39 is 26.3 Å². The third kappa shape index (κ3) is 3.71. The maximum atomic E-state index is 13.8. The first-order valence-electron chi connectivity index (χ1n) is 12.7. The van der Waals surface area contributed by atoms with E-state index >= 15 is 0 Å². The van der Waals surface area contributed by atoms with Crippen LogP contribution in [-0.2, 0) is 24.0 Å². The van der Waals surface area contributed by atoms with Crippen molar-refractivity contribution >= 4 is 9.84 Å². The summed E-state index contributed by atoms with van der Waals surface area (Å²) in [7, 11) is -1.72. The molecule has 184 valence electrons. The van der Waals surface area contributed by atoms with Crippen LogP contribution in [0, 0.1) is 29.6 Å². The molecule has 6 heteroatoms. The fraction of sp³-hybridized carbons (Fsp3) is 0.778. The summed E-state index contributed by atoms with van der Waals surface area (Å²) in [5, 5.41) is -0.563. The van der Waals surface area contributed by atoms with Crippen molar-refractivity contribution in [2.75, 3.05) is 13.7 Å². The molecule has 1 aromatic carbocycles. The lowest BCUT2D eigenvalue weighted by Gasteiger charge is -2.54. The van der Waals surface area contributed by atoms with Crippen molar-refractivity contribution in [1.29, 1.82) is 0 Å². The molecular weight excluding hydrogens is 436 g/mol. The summed E-state index contributed by atoms with van der Waals surface area (Å²) in [6.45, 7) is 9.64. The maximum absolute atomic E-state index is 13.8.